The molecule has 1 aromatic carbocycles. The van der Waals surface area contributed by atoms with Crippen LogP contribution in [0.4, 0.5) is 0 Å². The number of carbonyl (C=O) groups is 1. The largest absolute Gasteiger partial charge is 0.493 e. The number of esters is 1. The molecule has 18 heavy (non-hydrogen) atoms. The molecule has 4 nitrogen and oxygen atoms in total. The highest BCUT2D eigenvalue weighted by atomic mass is 16.5. The van der Waals surface area contributed by atoms with Gasteiger partial charge in [0.25, 0.3) is 0 Å². The number of rotatable bonds is 7. The van der Waals surface area contributed by atoms with Crippen LogP contribution < -0.4 is 4.74 Å². The standard InChI is InChI=1S/C14H20O4/c1-4-11-6-7-12(14(15)17-3)10-13(11)18-9-5-8-16-2/h6-7,10H,4-5,8-9H2,1-3H3. The van der Waals surface area contributed by atoms with E-state index >= 15 is 0 Å². The maximum Gasteiger partial charge on any atom is 0.337 e. The molecule has 0 amide bonds. The van der Waals surface area contributed by atoms with Crippen molar-refractivity contribution in [3.05, 3.63) is 29.3 Å². The Balaban J connectivity index is 2.75. The van der Waals surface area contributed by atoms with Crippen molar-refractivity contribution in [3.63, 3.8) is 0 Å². The van der Waals surface area contributed by atoms with Crippen LogP contribution in [0.1, 0.15) is 29.3 Å². The molecule has 0 unspecified atom stereocenters. The Hall–Kier alpha value is -1.55. The zero-order chi connectivity index (χ0) is 13.4. The van der Waals surface area contributed by atoms with Crippen molar-refractivity contribution < 1.29 is 19.0 Å². The number of carbonyl (C=O) groups excluding carboxylic acids is 1. The fourth-order valence-electron chi connectivity index (χ4n) is 1.61. The van der Waals surface area contributed by atoms with E-state index in [1.165, 1.54) is 7.11 Å². The molecule has 0 atom stereocenters. The van der Waals surface area contributed by atoms with E-state index in [2.05, 4.69) is 6.92 Å². The fourth-order valence-corrected chi connectivity index (χ4v) is 1.61. The first-order chi connectivity index (χ1) is 8.72. The normalized spacial score (nSPS) is 10.2. The molecule has 0 radical (unpaired) electrons. The van der Waals surface area contributed by atoms with E-state index in [1.807, 2.05) is 6.07 Å². The molecule has 0 saturated heterocycles. The first kappa shape index (κ1) is 14.5. The highest BCUT2D eigenvalue weighted by molar-refractivity contribution is 5.89. The molecule has 0 N–H and O–H groups in total. The lowest BCUT2D eigenvalue weighted by molar-refractivity contribution is 0.0600. The summed E-state index contributed by atoms with van der Waals surface area (Å²) < 4.78 is 15.3. The third kappa shape index (κ3) is 4.04. The highest BCUT2D eigenvalue weighted by Gasteiger charge is 2.09. The maximum atomic E-state index is 11.4. The lowest BCUT2D eigenvalue weighted by atomic mass is 10.1. The molecule has 0 bridgehead atoms. The van der Waals surface area contributed by atoms with E-state index in [4.69, 9.17) is 14.2 Å². The van der Waals surface area contributed by atoms with Crippen LogP contribution in [0.25, 0.3) is 0 Å². The van der Waals surface area contributed by atoms with E-state index in [0.29, 0.717) is 18.8 Å². The molecule has 100 valence electrons. The van der Waals surface area contributed by atoms with E-state index in [0.717, 1.165) is 24.2 Å². The minimum atomic E-state index is -0.348. The Bertz CT molecular complexity index is 387. The smallest absolute Gasteiger partial charge is 0.337 e. The summed E-state index contributed by atoms with van der Waals surface area (Å²) in [6.07, 6.45) is 1.68. The molecule has 1 rings (SSSR count). The van der Waals surface area contributed by atoms with Crippen LogP contribution in [0.2, 0.25) is 0 Å². The summed E-state index contributed by atoms with van der Waals surface area (Å²) >= 11 is 0. The third-order valence-corrected chi connectivity index (χ3v) is 2.62. The molecular formula is C14H20O4. The summed E-state index contributed by atoms with van der Waals surface area (Å²) in [7, 11) is 3.03. The molecule has 4 heteroatoms. The molecule has 0 aliphatic rings. The van der Waals surface area contributed by atoms with Gasteiger partial charge in [-0.1, -0.05) is 13.0 Å². The second-order valence-electron chi connectivity index (χ2n) is 3.86. The number of ether oxygens (including phenoxy) is 3. The predicted molar refractivity (Wildman–Crippen MR) is 69.1 cm³/mol. The van der Waals surface area contributed by atoms with Crippen molar-refractivity contribution in [3.8, 4) is 5.75 Å². The summed E-state index contributed by atoms with van der Waals surface area (Å²) in [5.41, 5.74) is 1.59. The van der Waals surface area contributed by atoms with Crippen molar-refractivity contribution in [2.24, 2.45) is 0 Å². The van der Waals surface area contributed by atoms with Crippen LogP contribution in [0, 0.1) is 0 Å². The van der Waals surface area contributed by atoms with Crippen molar-refractivity contribution in [2.75, 3.05) is 27.4 Å². The van der Waals surface area contributed by atoms with Gasteiger partial charge in [0.05, 0.1) is 19.3 Å². The van der Waals surface area contributed by atoms with Crippen molar-refractivity contribution in [1.29, 1.82) is 0 Å². The van der Waals surface area contributed by atoms with Crippen LogP contribution in [0.15, 0.2) is 18.2 Å². The van der Waals surface area contributed by atoms with Crippen molar-refractivity contribution >= 4 is 5.97 Å². The summed E-state index contributed by atoms with van der Waals surface area (Å²) in [6.45, 7) is 3.29. The van der Waals surface area contributed by atoms with E-state index in [-0.39, 0.29) is 5.97 Å². The molecule has 0 spiro atoms. The molecular weight excluding hydrogens is 232 g/mol. The van der Waals surface area contributed by atoms with Gasteiger partial charge in [0, 0.05) is 20.1 Å². The minimum absolute atomic E-state index is 0.348. The molecule has 1 aromatic rings. The molecule has 0 aliphatic heterocycles. The number of benzene rings is 1. The van der Waals surface area contributed by atoms with Crippen LogP contribution in [-0.2, 0) is 15.9 Å². The second-order valence-corrected chi connectivity index (χ2v) is 3.86. The SMILES string of the molecule is CCc1ccc(C(=O)OC)cc1OCCCOC. The Morgan fingerprint density at radius 2 is 2.00 bits per heavy atom. The molecule has 0 heterocycles. The zero-order valence-electron chi connectivity index (χ0n) is 11.2. The van der Waals surface area contributed by atoms with E-state index < -0.39 is 0 Å². The van der Waals surface area contributed by atoms with Crippen LogP contribution in [-0.4, -0.2) is 33.4 Å². The van der Waals surface area contributed by atoms with Crippen LogP contribution in [0.5, 0.6) is 5.75 Å². The van der Waals surface area contributed by atoms with Crippen molar-refractivity contribution in [1.82, 2.24) is 0 Å². The summed E-state index contributed by atoms with van der Waals surface area (Å²) in [5.74, 6) is 0.399. The van der Waals surface area contributed by atoms with Gasteiger partial charge in [0.1, 0.15) is 5.75 Å². The van der Waals surface area contributed by atoms with Gasteiger partial charge in [-0.05, 0) is 24.1 Å². The van der Waals surface area contributed by atoms with Crippen LogP contribution >= 0.6 is 0 Å². The topological polar surface area (TPSA) is 44.8 Å². The second kappa shape index (κ2) is 7.71. The number of hydrogen-bond donors (Lipinski definition) is 0. The third-order valence-electron chi connectivity index (χ3n) is 2.62. The van der Waals surface area contributed by atoms with Gasteiger partial charge >= 0.3 is 5.97 Å². The van der Waals surface area contributed by atoms with Gasteiger partial charge in [0.2, 0.25) is 0 Å². The van der Waals surface area contributed by atoms with Gasteiger partial charge in [-0.3, -0.25) is 0 Å². The number of methoxy groups -OCH3 is 2. The van der Waals surface area contributed by atoms with Gasteiger partial charge < -0.3 is 14.2 Å². The summed E-state index contributed by atoms with van der Waals surface area (Å²) in [5, 5.41) is 0. The number of hydrogen-bond acceptors (Lipinski definition) is 4. The van der Waals surface area contributed by atoms with E-state index in [9.17, 15) is 4.79 Å². The first-order valence-corrected chi connectivity index (χ1v) is 6.05. The van der Waals surface area contributed by atoms with Gasteiger partial charge in [0.15, 0.2) is 0 Å². The minimum Gasteiger partial charge on any atom is -0.493 e. The average Bonchev–Trinajstić information content (AvgIpc) is 2.42. The highest BCUT2D eigenvalue weighted by Crippen LogP contribution is 2.21. The molecule has 0 aliphatic carbocycles. The Morgan fingerprint density at radius 3 is 2.61 bits per heavy atom. The summed E-state index contributed by atoms with van der Waals surface area (Å²) in [4.78, 5) is 11.4. The van der Waals surface area contributed by atoms with Gasteiger partial charge in [-0.2, -0.15) is 0 Å². The Kier molecular flexibility index (Phi) is 6.22. The average molecular weight is 252 g/mol. The predicted octanol–water partition coefficient (Wildman–Crippen LogP) is 2.45. The molecule has 0 saturated carbocycles. The van der Waals surface area contributed by atoms with Crippen molar-refractivity contribution in [2.45, 2.75) is 19.8 Å². The van der Waals surface area contributed by atoms with E-state index in [1.54, 1.807) is 19.2 Å². The molecule has 0 aromatic heterocycles. The van der Waals surface area contributed by atoms with Gasteiger partial charge in [-0.25, -0.2) is 4.79 Å². The quantitative estimate of drug-likeness (QED) is 0.552. The first-order valence-electron chi connectivity index (χ1n) is 6.05. The van der Waals surface area contributed by atoms with Gasteiger partial charge in [-0.15, -0.1) is 0 Å². The lowest BCUT2D eigenvalue weighted by Crippen LogP contribution is -2.06. The zero-order valence-corrected chi connectivity index (χ0v) is 11.2. The Labute approximate surface area is 108 Å². The maximum absolute atomic E-state index is 11.4. The lowest BCUT2D eigenvalue weighted by Gasteiger charge is -2.11. The fraction of sp³-hybridized carbons (Fsp3) is 0.500. The number of aryl methyl sites for hydroxylation is 1. The summed E-state index contributed by atoms with van der Waals surface area (Å²) in [6, 6.07) is 5.39. The van der Waals surface area contributed by atoms with Crippen LogP contribution in [0.3, 0.4) is 0 Å². The monoisotopic (exact) mass is 252 g/mol. The Morgan fingerprint density at radius 1 is 1.22 bits per heavy atom. The molecule has 0 fully saturated rings.